The molecule has 3 heteroatoms. The Bertz CT molecular complexity index is 622. The summed E-state index contributed by atoms with van der Waals surface area (Å²) >= 11 is 0. The Balaban J connectivity index is 2.22. The molecule has 0 fully saturated rings. The van der Waals surface area contributed by atoms with Gasteiger partial charge in [-0.25, -0.2) is 0 Å². The molecule has 0 bridgehead atoms. The van der Waals surface area contributed by atoms with Crippen LogP contribution >= 0.6 is 0 Å². The van der Waals surface area contributed by atoms with Gasteiger partial charge in [0.15, 0.2) is 0 Å². The number of hydrogen-bond acceptors (Lipinski definition) is 2. The SMILES string of the molecule is CC(NCc1cc2ccccc2[nH]c1=O)C(C)(C)C. The molecule has 2 N–H and O–H groups in total. The van der Waals surface area contributed by atoms with E-state index in [0.29, 0.717) is 12.6 Å². The van der Waals surface area contributed by atoms with Crippen LogP contribution in [0.5, 0.6) is 0 Å². The zero-order chi connectivity index (χ0) is 14.0. The molecule has 0 spiro atoms. The minimum absolute atomic E-state index is 0.00712. The van der Waals surface area contributed by atoms with Crippen LogP contribution in [-0.2, 0) is 6.54 Å². The molecule has 1 aromatic heterocycles. The predicted octanol–water partition coefficient (Wildman–Crippen LogP) is 3.05. The van der Waals surface area contributed by atoms with Crippen molar-refractivity contribution in [2.75, 3.05) is 0 Å². The first-order chi connectivity index (χ1) is 8.88. The van der Waals surface area contributed by atoms with Crippen LogP contribution in [0.15, 0.2) is 35.1 Å². The van der Waals surface area contributed by atoms with Crippen LogP contribution in [0, 0.1) is 5.41 Å². The number of fused-ring (bicyclic) bond motifs is 1. The molecule has 0 aliphatic carbocycles. The van der Waals surface area contributed by atoms with Crippen LogP contribution in [0.25, 0.3) is 10.9 Å². The minimum atomic E-state index is -0.00712. The molecule has 102 valence electrons. The Morgan fingerprint density at radius 2 is 1.95 bits per heavy atom. The van der Waals surface area contributed by atoms with E-state index in [1.165, 1.54) is 0 Å². The zero-order valence-corrected chi connectivity index (χ0v) is 12.1. The lowest BCUT2D eigenvalue weighted by Gasteiger charge is -2.28. The molecule has 0 saturated carbocycles. The largest absolute Gasteiger partial charge is 0.322 e. The summed E-state index contributed by atoms with van der Waals surface area (Å²) < 4.78 is 0. The zero-order valence-electron chi connectivity index (χ0n) is 12.1. The third-order valence-electron chi connectivity index (χ3n) is 3.73. The molecule has 0 amide bonds. The number of hydrogen-bond donors (Lipinski definition) is 2. The molecule has 0 saturated heterocycles. The van der Waals surface area contributed by atoms with Gasteiger partial charge in [0.1, 0.15) is 0 Å². The van der Waals surface area contributed by atoms with Gasteiger partial charge in [-0.1, -0.05) is 39.0 Å². The van der Waals surface area contributed by atoms with Crippen molar-refractivity contribution in [1.82, 2.24) is 10.3 Å². The molecular weight excluding hydrogens is 236 g/mol. The number of nitrogens with one attached hydrogen (secondary N) is 2. The first-order valence-electron chi connectivity index (χ1n) is 6.72. The first kappa shape index (κ1) is 13.8. The van der Waals surface area contributed by atoms with Crippen molar-refractivity contribution >= 4 is 10.9 Å². The smallest absolute Gasteiger partial charge is 0.252 e. The van der Waals surface area contributed by atoms with Gasteiger partial charge in [0.2, 0.25) is 0 Å². The molecule has 3 nitrogen and oxygen atoms in total. The number of H-pyrrole nitrogens is 1. The summed E-state index contributed by atoms with van der Waals surface area (Å²) in [5, 5.41) is 4.50. The van der Waals surface area contributed by atoms with Crippen molar-refractivity contribution in [3.8, 4) is 0 Å². The normalized spacial score (nSPS) is 13.7. The minimum Gasteiger partial charge on any atom is -0.322 e. The summed E-state index contributed by atoms with van der Waals surface area (Å²) in [6.45, 7) is 9.31. The predicted molar refractivity (Wildman–Crippen MR) is 80.3 cm³/mol. The van der Waals surface area contributed by atoms with E-state index in [-0.39, 0.29) is 11.0 Å². The van der Waals surface area contributed by atoms with Crippen LogP contribution in [0.1, 0.15) is 33.3 Å². The molecule has 1 atom stereocenters. The fraction of sp³-hybridized carbons (Fsp3) is 0.438. The number of aromatic nitrogens is 1. The maximum Gasteiger partial charge on any atom is 0.252 e. The number of aromatic amines is 1. The van der Waals surface area contributed by atoms with E-state index in [4.69, 9.17) is 0 Å². The van der Waals surface area contributed by atoms with Crippen LogP contribution in [0.3, 0.4) is 0 Å². The van der Waals surface area contributed by atoms with Crippen molar-refractivity contribution in [3.63, 3.8) is 0 Å². The van der Waals surface area contributed by atoms with Gasteiger partial charge in [0.05, 0.1) is 0 Å². The standard InChI is InChI=1S/C16H22N2O/c1-11(16(2,3)4)17-10-13-9-12-7-5-6-8-14(12)18-15(13)19/h5-9,11,17H,10H2,1-4H3,(H,18,19). The second kappa shape index (κ2) is 5.17. The van der Waals surface area contributed by atoms with Crippen LogP contribution < -0.4 is 10.9 Å². The van der Waals surface area contributed by atoms with Gasteiger partial charge in [0, 0.05) is 23.7 Å². The van der Waals surface area contributed by atoms with Crippen molar-refractivity contribution in [2.45, 2.75) is 40.3 Å². The van der Waals surface area contributed by atoms with Crippen LogP contribution in [-0.4, -0.2) is 11.0 Å². The molecule has 19 heavy (non-hydrogen) atoms. The van der Waals surface area contributed by atoms with E-state index in [2.05, 4.69) is 38.0 Å². The highest BCUT2D eigenvalue weighted by molar-refractivity contribution is 5.78. The molecule has 1 aromatic carbocycles. The molecule has 2 aromatic rings. The highest BCUT2D eigenvalue weighted by Crippen LogP contribution is 2.19. The Hall–Kier alpha value is -1.61. The second-order valence-electron chi connectivity index (χ2n) is 6.18. The van der Waals surface area contributed by atoms with E-state index >= 15 is 0 Å². The molecular formula is C16H22N2O. The van der Waals surface area contributed by atoms with E-state index in [1.807, 2.05) is 30.3 Å². The average molecular weight is 258 g/mol. The molecule has 2 rings (SSSR count). The van der Waals surface area contributed by atoms with Crippen molar-refractivity contribution < 1.29 is 0 Å². The van der Waals surface area contributed by atoms with Gasteiger partial charge in [-0.3, -0.25) is 4.79 Å². The van der Waals surface area contributed by atoms with E-state index in [0.717, 1.165) is 16.5 Å². The van der Waals surface area contributed by atoms with Gasteiger partial charge in [0.25, 0.3) is 5.56 Å². The van der Waals surface area contributed by atoms with Crippen LogP contribution in [0.4, 0.5) is 0 Å². The van der Waals surface area contributed by atoms with E-state index in [9.17, 15) is 4.79 Å². The lowest BCUT2D eigenvalue weighted by atomic mass is 9.88. The number of pyridine rings is 1. The Morgan fingerprint density at radius 1 is 1.26 bits per heavy atom. The Labute approximate surface area is 114 Å². The van der Waals surface area contributed by atoms with Crippen LogP contribution in [0.2, 0.25) is 0 Å². The maximum absolute atomic E-state index is 12.0. The fourth-order valence-electron chi connectivity index (χ4n) is 1.89. The lowest BCUT2D eigenvalue weighted by Crippen LogP contribution is -2.38. The van der Waals surface area contributed by atoms with E-state index < -0.39 is 0 Å². The summed E-state index contributed by atoms with van der Waals surface area (Å²) in [7, 11) is 0. The highest BCUT2D eigenvalue weighted by atomic mass is 16.1. The van der Waals surface area contributed by atoms with Gasteiger partial charge in [-0.15, -0.1) is 0 Å². The monoisotopic (exact) mass is 258 g/mol. The Kier molecular flexibility index (Phi) is 3.76. The molecule has 0 radical (unpaired) electrons. The van der Waals surface area contributed by atoms with Crippen molar-refractivity contribution in [3.05, 3.63) is 46.2 Å². The Morgan fingerprint density at radius 3 is 2.63 bits per heavy atom. The fourth-order valence-corrected chi connectivity index (χ4v) is 1.89. The molecule has 0 aliphatic heterocycles. The summed E-state index contributed by atoms with van der Waals surface area (Å²) in [5.41, 5.74) is 1.85. The third-order valence-corrected chi connectivity index (χ3v) is 3.73. The van der Waals surface area contributed by atoms with Crippen molar-refractivity contribution in [1.29, 1.82) is 0 Å². The van der Waals surface area contributed by atoms with Gasteiger partial charge >= 0.3 is 0 Å². The number of para-hydroxylation sites is 1. The van der Waals surface area contributed by atoms with Gasteiger partial charge in [-0.2, -0.15) is 0 Å². The lowest BCUT2D eigenvalue weighted by molar-refractivity contribution is 0.285. The number of benzene rings is 1. The highest BCUT2D eigenvalue weighted by Gasteiger charge is 2.19. The summed E-state index contributed by atoms with van der Waals surface area (Å²) in [6, 6.07) is 10.2. The summed E-state index contributed by atoms with van der Waals surface area (Å²) in [6.07, 6.45) is 0. The maximum atomic E-state index is 12.0. The topological polar surface area (TPSA) is 44.9 Å². The molecule has 1 unspecified atom stereocenters. The molecule has 1 heterocycles. The number of rotatable bonds is 3. The quantitative estimate of drug-likeness (QED) is 0.888. The first-order valence-corrected chi connectivity index (χ1v) is 6.72. The van der Waals surface area contributed by atoms with Gasteiger partial charge < -0.3 is 10.3 Å². The average Bonchev–Trinajstić information content (AvgIpc) is 2.34. The van der Waals surface area contributed by atoms with Gasteiger partial charge in [-0.05, 0) is 29.9 Å². The summed E-state index contributed by atoms with van der Waals surface area (Å²) in [4.78, 5) is 14.9. The summed E-state index contributed by atoms with van der Waals surface area (Å²) in [5.74, 6) is 0. The van der Waals surface area contributed by atoms with E-state index in [1.54, 1.807) is 0 Å². The third kappa shape index (κ3) is 3.24. The second-order valence-corrected chi connectivity index (χ2v) is 6.18. The van der Waals surface area contributed by atoms with Crippen molar-refractivity contribution in [2.24, 2.45) is 5.41 Å². The molecule has 0 aliphatic rings.